The second-order valence-electron chi connectivity index (χ2n) is 4.42. The van der Waals surface area contributed by atoms with Crippen LogP contribution in [-0.2, 0) is 11.3 Å². The van der Waals surface area contributed by atoms with Gasteiger partial charge in [-0.1, -0.05) is 41.9 Å². The lowest BCUT2D eigenvalue weighted by atomic mass is 10.0. The van der Waals surface area contributed by atoms with Gasteiger partial charge in [-0.15, -0.1) is 0 Å². The van der Waals surface area contributed by atoms with Crippen LogP contribution in [0.3, 0.4) is 0 Å². The molecule has 3 nitrogen and oxygen atoms in total. The van der Waals surface area contributed by atoms with Crippen LogP contribution in [0.15, 0.2) is 28.7 Å². The first-order chi connectivity index (χ1) is 7.99. The molecular formula is C13H18BrNO2. The van der Waals surface area contributed by atoms with Crippen molar-refractivity contribution in [2.75, 3.05) is 0 Å². The maximum Gasteiger partial charge on any atom is 0.222 e. The van der Waals surface area contributed by atoms with Crippen molar-refractivity contribution in [3.8, 4) is 0 Å². The molecule has 1 rings (SSSR count). The van der Waals surface area contributed by atoms with Gasteiger partial charge >= 0.3 is 0 Å². The van der Waals surface area contributed by atoms with Crippen LogP contribution in [0, 0.1) is 5.92 Å². The lowest BCUT2D eigenvalue weighted by Crippen LogP contribution is -2.29. The molecule has 0 heterocycles. The molecule has 94 valence electrons. The molecule has 1 unspecified atom stereocenters. The summed E-state index contributed by atoms with van der Waals surface area (Å²) in [6.07, 6.45) is -0.409. The zero-order chi connectivity index (χ0) is 12.8. The molecule has 1 aromatic rings. The molecule has 0 bridgehead atoms. The average Bonchev–Trinajstić information content (AvgIpc) is 2.28. The summed E-state index contributed by atoms with van der Waals surface area (Å²) in [7, 11) is 0. The molecule has 0 fully saturated rings. The van der Waals surface area contributed by atoms with Gasteiger partial charge in [0.05, 0.1) is 12.5 Å². The summed E-state index contributed by atoms with van der Waals surface area (Å²) in [5.74, 6) is -0.0115. The minimum Gasteiger partial charge on any atom is -0.392 e. The molecule has 0 aliphatic heterocycles. The van der Waals surface area contributed by atoms with E-state index in [1.54, 1.807) is 0 Å². The normalized spacial score (nSPS) is 12.5. The van der Waals surface area contributed by atoms with Gasteiger partial charge in [-0.05, 0) is 23.6 Å². The number of aliphatic hydroxyl groups excluding tert-OH is 1. The van der Waals surface area contributed by atoms with Gasteiger partial charge < -0.3 is 10.4 Å². The summed E-state index contributed by atoms with van der Waals surface area (Å²) < 4.78 is 1.02. The number of carbonyl (C=O) groups excluding carboxylic acids is 1. The Bertz CT molecular complexity index is 362. The number of aliphatic hydroxyl groups is 1. The lowest BCUT2D eigenvalue weighted by molar-refractivity contribution is -0.123. The molecule has 1 aromatic carbocycles. The van der Waals surface area contributed by atoms with Gasteiger partial charge in [0.15, 0.2) is 0 Å². The monoisotopic (exact) mass is 299 g/mol. The average molecular weight is 300 g/mol. The van der Waals surface area contributed by atoms with Crippen molar-refractivity contribution in [2.24, 2.45) is 5.92 Å². The first kappa shape index (κ1) is 14.2. The van der Waals surface area contributed by atoms with E-state index in [1.165, 1.54) is 0 Å². The molecule has 0 spiro atoms. The topological polar surface area (TPSA) is 49.3 Å². The predicted molar refractivity (Wildman–Crippen MR) is 71.5 cm³/mol. The maximum absolute atomic E-state index is 11.5. The Morgan fingerprint density at radius 1 is 1.35 bits per heavy atom. The fraction of sp³-hybridized carbons (Fsp3) is 0.462. The zero-order valence-corrected chi connectivity index (χ0v) is 11.7. The summed E-state index contributed by atoms with van der Waals surface area (Å²) in [6, 6.07) is 7.77. The Kier molecular flexibility index (Phi) is 5.65. The number of hydrogen-bond donors (Lipinski definition) is 2. The van der Waals surface area contributed by atoms with E-state index >= 15 is 0 Å². The van der Waals surface area contributed by atoms with Crippen LogP contribution in [0.5, 0.6) is 0 Å². The fourth-order valence-corrected chi connectivity index (χ4v) is 1.57. The van der Waals surface area contributed by atoms with Crippen molar-refractivity contribution in [3.63, 3.8) is 0 Å². The van der Waals surface area contributed by atoms with Crippen LogP contribution in [0.1, 0.15) is 25.8 Å². The highest BCUT2D eigenvalue weighted by Crippen LogP contribution is 2.10. The summed E-state index contributed by atoms with van der Waals surface area (Å²) >= 11 is 3.35. The standard InChI is InChI=1S/C13H18BrNO2/c1-9(2)12(16)7-13(17)15-8-10-3-5-11(14)6-4-10/h3-6,9,12,16H,7-8H2,1-2H3,(H,15,17). The van der Waals surface area contributed by atoms with E-state index in [4.69, 9.17) is 0 Å². The van der Waals surface area contributed by atoms with Crippen LogP contribution in [0.4, 0.5) is 0 Å². The Hall–Kier alpha value is -0.870. The first-order valence-corrected chi connectivity index (χ1v) is 6.47. The van der Waals surface area contributed by atoms with Gasteiger partial charge in [0.2, 0.25) is 5.91 Å². The second kappa shape index (κ2) is 6.77. The first-order valence-electron chi connectivity index (χ1n) is 5.68. The summed E-state index contributed by atoms with van der Waals surface area (Å²) in [4.78, 5) is 11.5. The molecule has 0 saturated carbocycles. The van der Waals surface area contributed by atoms with Gasteiger partial charge in [-0.25, -0.2) is 0 Å². The van der Waals surface area contributed by atoms with Crippen LogP contribution < -0.4 is 5.32 Å². The van der Waals surface area contributed by atoms with Gasteiger partial charge in [-0.2, -0.15) is 0 Å². The van der Waals surface area contributed by atoms with E-state index in [0.29, 0.717) is 6.54 Å². The molecule has 0 aliphatic carbocycles. The third kappa shape index (κ3) is 5.33. The molecule has 1 amide bonds. The number of halogens is 1. The lowest BCUT2D eigenvalue weighted by Gasteiger charge is -2.13. The van der Waals surface area contributed by atoms with Crippen LogP contribution in [-0.4, -0.2) is 17.1 Å². The highest BCUT2D eigenvalue weighted by molar-refractivity contribution is 9.10. The van der Waals surface area contributed by atoms with Crippen molar-refractivity contribution in [3.05, 3.63) is 34.3 Å². The molecule has 0 radical (unpaired) electrons. The van der Waals surface area contributed by atoms with E-state index in [2.05, 4.69) is 21.2 Å². The highest BCUT2D eigenvalue weighted by Gasteiger charge is 2.13. The van der Waals surface area contributed by atoms with E-state index < -0.39 is 6.10 Å². The number of rotatable bonds is 5. The quantitative estimate of drug-likeness (QED) is 0.877. The maximum atomic E-state index is 11.5. The predicted octanol–water partition coefficient (Wildman–Crippen LogP) is 2.47. The SMILES string of the molecule is CC(C)C(O)CC(=O)NCc1ccc(Br)cc1. The van der Waals surface area contributed by atoms with Crippen molar-refractivity contribution in [2.45, 2.75) is 32.9 Å². The number of hydrogen-bond acceptors (Lipinski definition) is 2. The van der Waals surface area contributed by atoms with Crippen LogP contribution >= 0.6 is 15.9 Å². The molecule has 0 aliphatic rings. The smallest absolute Gasteiger partial charge is 0.222 e. The van der Waals surface area contributed by atoms with Gasteiger partial charge in [0.25, 0.3) is 0 Å². The Balaban J connectivity index is 2.35. The van der Waals surface area contributed by atoms with Gasteiger partial charge in [0, 0.05) is 11.0 Å². The fourth-order valence-electron chi connectivity index (χ4n) is 1.30. The van der Waals surface area contributed by atoms with Crippen molar-refractivity contribution < 1.29 is 9.90 Å². The van der Waals surface area contributed by atoms with Gasteiger partial charge in [0.1, 0.15) is 0 Å². The zero-order valence-electron chi connectivity index (χ0n) is 10.1. The minimum absolute atomic E-state index is 0.105. The number of benzene rings is 1. The van der Waals surface area contributed by atoms with E-state index in [0.717, 1.165) is 10.0 Å². The number of amides is 1. The largest absolute Gasteiger partial charge is 0.392 e. The summed E-state index contributed by atoms with van der Waals surface area (Å²) in [5, 5.41) is 12.4. The van der Waals surface area contributed by atoms with Crippen molar-refractivity contribution in [1.82, 2.24) is 5.32 Å². The molecule has 1 atom stereocenters. The van der Waals surface area contributed by atoms with Crippen LogP contribution in [0.25, 0.3) is 0 Å². The Morgan fingerprint density at radius 3 is 2.47 bits per heavy atom. The highest BCUT2D eigenvalue weighted by atomic mass is 79.9. The third-order valence-corrected chi connectivity index (χ3v) is 3.10. The second-order valence-corrected chi connectivity index (χ2v) is 5.33. The molecule has 4 heteroatoms. The number of carbonyl (C=O) groups is 1. The van der Waals surface area contributed by atoms with Crippen LogP contribution in [0.2, 0.25) is 0 Å². The number of nitrogens with one attached hydrogen (secondary N) is 1. The third-order valence-electron chi connectivity index (χ3n) is 2.57. The molecule has 2 N–H and O–H groups in total. The van der Waals surface area contributed by atoms with Gasteiger partial charge in [-0.3, -0.25) is 4.79 Å². The Morgan fingerprint density at radius 2 is 1.94 bits per heavy atom. The minimum atomic E-state index is -0.570. The summed E-state index contributed by atoms with van der Waals surface area (Å²) in [5.41, 5.74) is 1.04. The van der Waals surface area contributed by atoms with E-state index in [1.807, 2.05) is 38.1 Å². The van der Waals surface area contributed by atoms with E-state index in [9.17, 15) is 9.90 Å². The summed E-state index contributed by atoms with van der Waals surface area (Å²) in [6.45, 7) is 4.29. The molecular weight excluding hydrogens is 282 g/mol. The van der Waals surface area contributed by atoms with Crippen molar-refractivity contribution in [1.29, 1.82) is 0 Å². The van der Waals surface area contributed by atoms with Crippen molar-refractivity contribution >= 4 is 21.8 Å². The van der Waals surface area contributed by atoms with E-state index in [-0.39, 0.29) is 18.2 Å². The molecule has 0 saturated heterocycles. The molecule has 17 heavy (non-hydrogen) atoms. The Labute approximate surface area is 110 Å². The molecule has 0 aromatic heterocycles.